The molecule has 0 saturated carbocycles. The van der Waals surface area contributed by atoms with Crippen molar-refractivity contribution >= 4 is 44.4 Å². The molecule has 8 heteroatoms. The lowest BCUT2D eigenvalue weighted by atomic mass is 9.85. The van der Waals surface area contributed by atoms with Crippen molar-refractivity contribution in [1.29, 1.82) is 0 Å². The third kappa shape index (κ3) is 3.32. The molecule has 2 heterocycles. The summed E-state index contributed by atoms with van der Waals surface area (Å²) in [6.45, 7) is 2.21. The van der Waals surface area contributed by atoms with Gasteiger partial charge in [0.2, 0.25) is 17.7 Å². The van der Waals surface area contributed by atoms with Crippen LogP contribution in [0.4, 0.5) is 5.13 Å². The van der Waals surface area contributed by atoms with Crippen molar-refractivity contribution in [3.8, 4) is 5.75 Å². The van der Waals surface area contributed by atoms with Gasteiger partial charge in [0.25, 0.3) is 0 Å². The molecule has 1 aliphatic heterocycles. The Hall–Kier alpha value is -2.74. The molecule has 0 bridgehead atoms. The highest BCUT2D eigenvalue weighted by atomic mass is 32.1. The van der Waals surface area contributed by atoms with Crippen LogP contribution in [0, 0.1) is 11.8 Å². The number of likely N-dealkylation sites (tertiary alicyclic amines) is 1. The van der Waals surface area contributed by atoms with Crippen LogP contribution in [0.1, 0.15) is 19.8 Å². The van der Waals surface area contributed by atoms with Gasteiger partial charge in [-0.1, -0.05) is 23.5 Å². The first-order chi connectivity index (χ1) is 13.1. The molecule has 0 radical (unpaired) electrons. The molecule has 0 unspecified atom stereocenters. The van der Waals surface area contributed by atoms with Gasteiger partial charge in [0.15, 0.2) is 5.13 Å². The zero-order chi connectivity index (χ0) is 19.0. The van der Waals surface area contributed by atoms with E-state index in [9.17, 15) is 14.4 Å². The fraction of sp³-hybridized carbons (Fsp3) is 0.368. The zero-order valence-corrected chi connectivity index (χ0v) is 15.6. The molecule has 2 atom stereocenters. The SMILES string of the molecule is CCOc1ccc2nc(NC(=O)CN3C(=O)[C@H]4CC=CC[C@@H]4C3=O)sc2c1. The fourth-order valence-electron chi connectivity index (χ4n) is 3.54. The first-order valence-corrected chi connectivity index (χ1v) is 9.72. The molecule has 7 nitrogen and oxygen atoms in total. The maximum Gasteiger partial charge on any atom is 0.246 e. The molecule has 2 aliphatic rings. The first-order valence-electron chi connectivity index (χ1n) is 8.90. The average Bonchev–Trinajstić information content (AvgIpc) is 3.16. The second kappa shape index (κ2) is 7.11. The highest BCUT2D eigenvalue weighted by molar-refractivity contribution is 7.22. The van der Waals surface area contributed by atoms with Crippen LogP contribution in [0.25, 0.3) is 10.2 Å². The number of thiazole rings is 1. The summed E-state index contributed by atoms with van der Waals surface area (Å²) in [4.78, 5) is 42.7. The molecule has 0 spiro atoms. The third-order valence-electron chi connectivity index (χ3n) is 4.82. The summed E-state index contributed by atoms with van der Waals surface area (Å²) >= 11 is 1.32. The van der Waals surface area contributed by atoms with E-state index in [-0.39, 0.29) is 30.2 Å². The number of fused-ring (bicyclic) bond motifs is 2. The number of amides is 3. The van der Waals surface area contributed by atoms with E-state index < -0.39 is 5.91 Å². The number of rotatable bonds is 5. The number of hydrogen-bond acceptors (Lipinski definition) is 6. The van der Waals surface area contributed by atoms with E-state index in [1.807, 2.05) is 37.3 Å². The molecule has 1 fully saturated rings. The number of ether oxygens (including phenoxy) is 1. The van der Waals surface area contributed by atoms with Gasteiger partial charge in [-0.3, -0.25) is 19.3 Å². The molecular weight excluding hydrogens is 366 g/mol. The molecule has 1 N–H and O–H groups in total. The quantitative estimate of drug-likeness (QED) is 0.631. The lowest BCUT2D eigenvalue weighted by Gasteiger charge is -2.14. The Morgan fingerprint density at radius 3 is 2.63 bits per heavy atom. The second-order valence-electron chi connectivity index (χ2n) is 6.55. The van der Waals surface area contributed by atoms with Gasteiger partial charge in [-0.05, 0) is 38.0 Å². The van der Waals surface area contributed by atoms with Crippen LogP contribution in [0.5, 0.6) is 5.75 Å². The number of hydrogen-bond donors (Lipinski definition) is 1. The summed E-state index contributed by atoms with van der Waals surface area (Å²) in [5.74, 6) is -0.835. The molecule has 1 aromatic heterocycles. The van der Waals surface area contributed by atoms with E-state index in [1.54, 1.807) is 0 Å². The van der Waals surface area contributed by atoms with Crippen molar-refractivity contribution < 1.29 is 19.1 Å². The zero-order valence-electron chi connectivity index (χ0n) is 14.8. The molecule has 1 aliphatic carbocycles. The summed E-state index contributed by atoms with van der Waals surface area (Å²) in [5, 5.41) is 3.13. The predicted octanol–water partition coefficient (Wildman–Crippen LogP) is 2.58. The van der Waals surface area contributed by atoms with Gasteiger partial charge in [-0.2, -0.15) is 0 Å². The van der Waals surface area contributed by atoms with Gasteiger partial charge >= 0.3 is 0 Å². The van der Waals surface area contributed by atoms with Crippen LogP contribution in [-0.4, -0.2) is 40.8 Å². The summed E-state index contributed by atoms with van der Waals surface area (Å²) in [6, 6.07) is 5.53. The summed E-state index contributed by atoms with van der Waals surface area (Å²) in [5.41, 5.74) is 0.754. The number of benzene rings is 1. The number of nitrogens with zero attached hydrogens (tertiary/aromatic N) is 2. The van der Waals surface area contributed by atoms with Crippen LogP contribution < -0.4 is 10.1 Å². The van der Waals surface area contributed by atoms with Crippen molar-refractivity contribution in [2.75, 3.05) is 18.5 Å². The number of anilines is 1. The van der Waals surface area contributed by atoms with E-state index in [2.05, 4.69) is 10.3 Å². The predicted molar refractivity (Wildman–Crippen MR) is 101 cm³/mol. The van der Waals surface area contributed by atoms with Crippen molar-refractivity contribution in [3.05, 3.63) is 30.4 Å². The topological polar surface area (TPSA) is 88.6 Å². The Morgan fingerprint density at radius 1 is 1.26 bits per heavy atom. The smallest absolute Gasteiger partial charge is 0.246 e. The molecule has 1 aromatic carbocycles. The number of carbonyl (C=O) groups excluding carboxylic acids is 3. The van der Waals surface area contributed by atoms with Crippen molar-refractivity contribution in [2.45, 2.75) is 19.8 Å². The van der Waals surface area contributed by atoms with E-state index >= 15 is 0 Å². The number of allylic oxidation sites excluding steroid dienone is 2. The number of imide groups is 1. The van der Waals surface area contributed by atoms with E-state index in [0.29, 0.717) is 24.6 Å². The van der Waals surface area contributed by atoms with E-state index in [4.69, 9.17) is 4.74 Å². The number of nitrogens with one attached hydrogen (secondary N) is 1. The van der Waals surface area contributed by atoms with Gasteiger partial charge in [0, 0.05) is 0 Å². The normalized spacial score (nSPS) is 21.6. The van der Waals surface area contributed by atoms with Crippen molar-refractivity contribution in [3.63, 3.8) is 0 Å². The molecule has 3 amide bonds. The van der Waals surface area contributed by atoms with Gasteiger partial charge in [0.1, 0.15) is 12.3 Å². The maximum atomic E-state index is 12.4. The van der Waals surface area contributed by atoms with Crippen molar-refractivity contribution in [2.24, 2.45) is 11.8 Å². The Labute approximate surface area is 160 Å². The number of aromatic nitrogens is 1. The monoisotopic (exact) mass is 385 g/mol. The van der Waals surface area contributed by atoms with Gasteiger partial charge in [0.05, 0.1) is 28.7 Å². The minimum Gasteiger partial charge on any atom is -0.494 e. The lowest BCUT2D eigenvalue weighted by molar-refractivity contribution is -0.142. The lowest BCUT2D eigenvalue weighted by Crippen LogP contribution is -2.38. The van der Waals surface area contributed by atoms with Crippen LogP contribution in [-0.2, 0) is 14.4 Å². The van der Waals surface area contributed by atoms with Crippen LogP contribution in [0.3, 0.4) is 0 Å². The average molecular weight is 385 g/mol. The highest BCUT2D eigenvalue weighted by Gasteiger charge is 2.47. The second-order valence-corrected chi connectivity index (χ2v) is 7.58. The summed E-state index contributed by atoms with van der Waals surface area (Å²) in [6.07, 6.45) is 4.97. The fourth-order valence-corrected chi connectivity index (χ4v) is 4.45. The van der Waals surface area contributed by atoms with Crippen molar-refractivity contribution in [1.82, 2.24) is 9.88 Å². The minimum atomic E-state index is -0.424. The molecule has 27 heavy (non-hydrogen) atoms. The summed E-state index contributed by atoms with van der Waals surface area (Å²) in [7, 11) is 0. The highest BCUT2D eigenvalue weighted by Crippen LogP contribution is 2.35. The maximum absolute atomic E-state index is 12.4. The van der Waals surface area contributed by atoms with Gasteiger partial charge < -0.3 is 10.1 Å². The molecule has 140 valence electrons. The van der Waals surface area contributed by atoms with E-state index in [0.717, 1.165) is 20.9 Å². The molecule has 2 aromatic rings. The standard InChI is InChI=1S/C19H19N3O4S/c1-2-26-11-7-8-14-15(9-11)27-19(20-14)21-16(23)10-22-17(24)12-5-3-4-6-13(12)18(22)25/h3-4,7-9,12-13H,2,5-6,10H2,1H3,(H,20,21,23)/t12-,13-/m0/s1. The third-order valence-corrected chi connectivity index (χ3v) is 5.75. The molecular formula is C19H19N3O4S. The molecule has 4 rings (SSSR count). The minimum absolute atomic E-state index is 0.254. The number of carbonyl (C=O) groups is 3. The Balaban J connectivity index is 1.44. The van der Waals surface area contributed by atoms with Gasteiger partial charge in [-0.25, -0.2) is 4.98 Å². The largest absolute Gasteiger partial charge is 0.494 e. The summed E-state index contributed by atoms with van der Waals surface area (Å²) < 4.78 is 6.36. The Bertz CT molecular complexity index is 926. The Kier molecular flexibility index (Phi) is 4.65. The molecule has 1 saturated heterocycles. The van der Waals surface area contributed by atoms with Crippen LogP contribution >= 0.6 is 11.3 Å². The van der Waals surface area contributed by atoms with E-state index in [1.165, 1.54) is 11.3 Å². The van der Waals surface area contributed by atoms with Crippen LogP contribution in [0.2, 0.25) is 0 Å². The first kappa shape index (κ1) is 17.7. The van der Waals surface area contributed by atoms with Crippen LogP contribution in [0.15, 0.2) is 30.4 Å². The Morgan fingerprint density at radius 2 is 1.96 bits per heavy atom. The van der Waals surface area contributed by atoms with Gasteiger partial charge in [-0.15, -0.1) is 0 Å².